The average molecular weight is 240 g/mol. The molecule has 0 radical (unpaired) electrons. The number of hydrogen-bond donors (Lipinski definition) is 2. The van der Waals surface area contributed by atoms with Gasteiger partial charge in [0.15, 0.2) is 5.13 Å². The molecule has 2 rings (SSSR count). The fraction of sp³-hybridized carbons (Fsp3) is 0.750. The summed E-state index contributed by atoms with van der Waals surface area (Å²) in [5.41, 5.74) is 0.517. The van der Waals surface area contributed by atoms with Gasteiger partial charge in [0.05, 0.1) is 11.3 Å². The van der Waals surface area contributed by atoms with Crippen molar-refractivity contribution in [2.45, 2.75) is 45.1 Å². The Labute approximate surface area is 101 Å². The van der Waals surface area contributed by atoms with Crippen molar-refractivity contribution >= 4 is 16.5 Å². The van der Waals surface area contributed by atoms with Gasteiger partial charge in [-0.1, -0.05) is 6.92 Å². The third-order valence-corrected chi connectivity index (χ3v) is 4.31. The molecule has 1 heterocycles. The monoisotopic (exact) mass is 240 g/mol. The van der Waals surface area contributed by atoms with E-state index < -0.39 is 5.60 Å². The molecule has 16 heavy (non-hydrogen) atoms. The zero-order chi connectivity index (χ0) is 11.6. The number of aromatic nitrogens is 1. The lowest BCUT2D eigenvalue weighted by molar-refractivity contribution is 0.00501. The number of aliphatic hydroxyl groups is 1. The van der Waals surface area contributed by atoms with Crippen LogP contribution in [0.5, 0.6) is 0 Å². The molecule has 0 amide bonds. The molecule has 1 saturated carbocycles. The summed E-state index contributed by atoms with van der Waals surface area (Å²) in [7, 11) is 0. The quantitative estimate of drug-likeness (QED) is 0.854. The van der Waals surface area contributed by atoms with E-state index >= 15 is 0 Å². The number of rotatable bonds is 3. The van der Waals surface area contributed by atoms with Crippen molar-refractivity contribution in [3.8, 4) is 0 Å². The topological polar surface area (TPSA) is 45.1 Å². The summed E-state index contributed by atoms with van der Waals surface area (Å²) in [4.78, 5) is 4.34. The van der Waals surface area contributed by atoms with Crippen molar-refractivity contribution in [2.24, 2.45) is 5.92 Å². The van der Waals surface area contributed by atoms with Crippen LogP contribution < -0.4 is 5.32 Å². The van der Waals surface area contributed by atoms with E-state index in [4.69, 9.17) is 0 Å². The Kier molecular flexibility index (Phi) is 3.50. The summed E-state index contributed by atoms with van der Waals surface area (Å²) in [5, 5.41) is 16.6. The highest BCUT2D eigenvalue weighted by Gasteiger charge is 2.31. The van der Waals surface area contributed by atoms with E-state index in [2.05, 4.69) is 17.2 Å². The molecular formula is C12H20N2OS. The van der Waals surface area contributed by atoms with E-state index in [0.717, 1.165) is 42.4 Å². The molecule has 3 nitrogen and oxygen atoms in total. The molecular weight excluding hydrogens is 220 g/mol. The van der Waals surface area contributed by atoms with E-state index in [0.29, 0.717) is 6.54 Å². The smallest absolute Gasteiger partial charge is 0.182 e. The van der Waals surface area contributed by atoms with Crippen molar-refractivity contribution in [3.05, 3.63) is 11.1 Å². The maximum Gasteiger partial charge on any atom is 0.182 e. The van der Waals surface area contributed by atoms with Gasteiger partial charge >= 0.3 is 0 Å². The first-order valence-corrected chi connectivity index (χ1v) is 6.84. The summed E-state index contributed by atoms with van der Waals surface area (Å²) in [5.74, 6) is 0.766. The fourth-order valence-electron chi connectivity index (χ4n) is 2.15. The largest absolute Gasteiger partial charge is 0.388 e. The van der Waals surface area contributed by atoms with Gasteiger partial charge in [0, 0.05) is 11.9 Å². The Bertz CT molecular complexity index is 343. The van der Waals surface area contributed by atoms with Gasteiger partial charge in [0.25, 0.3) is 0 Å². The van der Waals surface area contributed by atoms with Crippen molar-refractivity contribution in [2.75, 3.05) is 11.9 Å². The van der Waals surface area contributed by atoms with E-state index in [9.17, 15) is 5.11 Å². The molecule has 1 aromatic rings. The summed E-state index contributed by atoms with van der Waals surface area (Å²) in [6, 6.07) is 0. The summed E-state index contributed by atoms with van der Waals surface area (Å²) < 4.78 is 0. The average Bonchev–Trinajstić information content (AvgIpc) is 2.67. The van der Waals surface area contributed by atoms with Crippen LogP contribution in [0, 0.1) is 12.8 Å². The van der Waals surface area contributed by atoms with Crippen LogP contribution in [0.1, 0.15) is 38.3 Å². The van der Waals surface area contributed by atoms with Crippen LogP contribution in [0.25, 0.3) is 0 Å². The highest BCUT2D eigenvalue weighted by Crippen LogP contribution is 2.32. The third-order valence-electron chi connectivity index (χ3n) is 3.39. The van der Waals surface area contributed by atoms with Gasteiger partial charge in [-0.05, 0) is 38.5 Å². The molecule has 0 atom stereocenters. The summed E-state index contributed by atoms with van der Waals surface area (Å²) in [6.45, 7) is 4.88. The molecule has 0 saturated heterocycles. The fourth-order valence-corrected chi connectivity index (χ4v) is 2.84. The van der Waals surface area contributed by atoms with Crippen LogP contribution in [0.2, 0.25) is 0 Å². The minimum absolute atomic E-state index is 0.522. The van der Waals surface area contributed by atoms with Gasteiger partial charge in [-0.25, -0.2) is 4.98 Å². The van der Waals surface area contributed by atoms with Crippen LogP contribution in [0.4, 0.5) is 5.13 Å². The van der Waals surface area contributed by atoms with Gasteiger partial charge in [0.1, 0.15) is 0 Å². The standard InChI is InChI=1S/C12H20N2OS/c1-9-3-5-12(15,6-4-9)8-13-11-14-10(2)7-16-11/h7,9,15H,3-6,8H2,1-2H3,(H,13,14). The maximum absolute atomic E-state index is 10.4. The first-order chi connectivity index (χ1) is 7.57. The Hall–Kier alpha value is -0.610. The van der Waals surface area contributed by atoms with Crippen LogP contribution in [-0.4, -0.2) is 22.2 Å². The number of thiazole rings is 1. The normalized spacial score (nSPS) is 30.3. The first kappa shape index (κ1) is 11.9. The van der Waals surface area contributed by atoms with Crippen LogP contribution in [0.3, 0.4) is 0 Å². The van der Waals surface area contributed by atoms with Crippen molar-refractivity contribution in [1.82, 2.24) is 4.98 Å². The summed E-state index contributed by atoms with van der Waals surface area (Å²) >= 11 is 1.60. The van der Waals surface area contributed by atoms with E-state index in [1.54, 1.807) is 11.3 Å². The van der Waals surface area contributed by atoms with Gasteiger partial charge in [-0.15, -0.1) is 11.3 Å². The van der Waals surface area contributed by atoms with Crippen molar-refractivity contribution in [1.29, 1.82) is 0 Å². The highest BCUT2D eigenvalue weighted by molar-refractivity contribution is 7.13. The predicted octanol–water partition coefficient (Wildman–Crippen LogP) is 2.80. The van der Waals surface area contributed by atoms with Gasteiger partial charge in [-0.3, -0.25) is 0 Å². The number of nitrogens with zero attached hydrogens (tertiary/aromatic N) is 1. The molecule has 0 aliphatic heterocycles. The third kappa shape index (κ3) is 2.95. The second kappa shape index (κ2) is 4.72. The Morgan fingerprint density at radius 1 is 1.56 bits per heavy atom. The molecule has 90 valence electrons. The molecule has 0 bridgehead atoms. The number of aryl methyl sites for hydroxylation is 1. The number of nitrogens with one attached hydrogen (secondary N) is 1. The van der Waals surface area contributed by atoms with Crippen molar-refractivity contribution < 1.29 is 5.11 Å². The lowest BCUT2D eigenvalue weighted by Gasteiger charge is -2.34. The molecule has 0 spiro atoms. The summed E-state index contributed by atoms with van der Waals surface area (Å²) in [6.07, 6.45) is 4.08. The number of anilines is 1. The Balaban J connectivity index is 1.85. The van der Waals surface area contributed by atoms with Crippen LogP contribution in [0.15, 0.2) is 5.38 Å². The van der Waals surface area contributed by atoms with Gasteiger partial charge in [-0.2, -0.15) is 0 Å². The molecule has 2 N–H and O–H groups in total. The van der Waals surface area contributed by atoms with Gasteiger partial charge in [0.2, 0.25) is 0 Å². The Morgan fingerprint density at radius 2 is 2.25 bits per heavy atom. The molecule has 1 fully saturated rings. The second-order valence-corrected chi connectivity index (χ2v) is 5.91. The predicted molar refractivity (Wildman–Crippen MR) is 67.9 cm³/mol. The van der Waals surface area contributed by atoms with Crippen LogP contribution >= 0.6 is 11.3 Å². The lowest BCUT2D eigenvalue weighted by Crippen LogP contribution is -2.40. The van der Waals surface area contributed by atoms with E-state index in [1.165, 1.54) is 0 Å². The number of hydrogen-bond acceptors (Lipinski definition) is 4. The zero-order valence-corrected chi connectivity index (χ0v) is 10.8. The second-order valence-electron chi connectivity index (χ2n) is 5.05. The molecule has 1 aliphatic rings. The minimum Gasteiger partial charge on any atom is -0.388 e. The maximum atomic E-state index is 10.4. The molecule has 1 aromatic heterocycles. The highest BCUT2D eigenvalue weighted by atomic mass is 32.1. The Morgan fingerprint density at radius 3 is 2.81 bits per heavy atom. The first-order valence-electron chi connectivity index (χ1n) is 5.96. The molecule has 0 aromatic carbocycles. The molecule has 0 unspecified atom stereocenters. The van der Waals surface area contributed by atoms with Gasteiger partial charge < -0.3 is 10.4 Å². The minimum atomic E-state index is -0.522. The van der Waals surface area contributed by atoms with Crippen molar-refractivity contribution in [3.63, 3.8) is 0 Å². The zero-order valence-electron chi connectivity index (χ0n) is 9.99. The lowest BCUT2D eigenvalue weighted by atomic mass is 9.79. The van der Waals surface area contributed by atoms with Crippen LogP contribution in [-0.2, 0) is 0 Å². The van der Waals surface area contributed by atoms with E-state index in [1.807, 2.05) is 12.3 Å². The molecule has 1 aliphatic carbocycles. The molecule has 4 heteroatoms. The SMILES string of the molecule is Cc1csc(NCC2(O)CCC(C)CC2)n1. The van der Waals surface area contributed by atoms with E-state index in [-0.39, 0.29) is 0 Å².